The van der Waals surface area contributed by atoms with E-state index in [0.29, 0.717) is 9.89 Å². The zero-order chi connectivity index (χ0) is 10.1. The summed E-state index contributed by atoms with van der Waals surface area (Å²) in [6.07, 6.45) is 2.50. The highest BCUT2D eigenvalue weighted by atomic mass is 79.9. The third-order valence-corrected chi connectivity index (χ3v) is 5.20. The van der Waals surface area contributed by atoms with Gasteiger partial charge < -0.3 is 4.98 Å². The minimum Gasteiger partial charge on any atom is -0.345 e. The molecule has 0 bridgehead atoms. The van der Waals surface area contributed by atoms with Gasteiger partial charge in [-0.15, -0.1) is 0 Å². The van der Waals surface area contributed by atoms with Crippen molar-refractivity contribution >= 4 is 39.9 Å². The maximum absolute atomic E-state index is 5.18. The van der Waals surface area contributed by atoms with Crippen LogP contribution in [0.1, 0.15) is 29.6 Å². The number of hydrogen-bond acceptors (Lipinski definition) is 3. The van der Waals surface area contributed by atoms with Gasteiger partial charge in [-0.2, -0.15) is 11.8 Å². The molecule has 1 N–H and O–H groups in total. The van der Waals surface area contributed by atoms with Gasteiger partial charge in [0.15, 0.2) is 0 Å². The van der Waals surface area contributed by atoms with E-state index in [0.717, 1.165) is 16.0 Å². The Bertz CT molecular complexity index is 396. The molecule has 14 heavy (non-hydrogen) atoms. The molecule has 1 aliphatic rings. The van der Waals surface area contributed by atoms with Crippen LogP contribution in [0.2, 0.25) is 0 Å². The van der Waals surface area contributed by atoms with Gasteiger partial charge in [-0.05, 0) is 41.4 Å². The molecule has 0 amide bonds. The predicted molar refractivity (Wildman–Crippen MR) is 66.3 cm³/mol. The van der Waals surface area contributed by atoms with Crippen LogP contribution >= 0.6 is 39.9 Å². The van der Waals surface area contributed by atoms with Crippen molar-refractivity contribution in [2.75, 3.05) is 5.75 Å². The van der Waals surface area contributed by atoms with E-state index in [2.05, 4.69) is 25.9 Å². The van der Waals surface area contributed by atoms with Crippen molar-refractivity contribution < 1.29 is 0 Å². The standard InChI is InChI=1S/C9H11BrN2S2/c1-5-7(10)9(13)12-8(11-5)6-3-2-4-14-6/h6H,2-4H2,1H3,(H,11,12,13). The lowest BCUT2D eigenvalue weighted by molar-refractivity contribution is 0.767. The van der Waals surface area contributed by atoms with Crippen molar-refractivity contribution in [2.24, 2.45) is 0 Å². The highest BCUT2D eigenvalue weighted by Gasteiger charge is 2.20. The summed E-state index contributed by atoms with van der Waals surface area (Å²) in [6, 6.07) is 0. The van der Waals surface area contributed by atoms with Crippen molar-refractivity contribution in [2.45, 2.75) is 25.0 Å². The Morgan fingerprint density at radius 1 is 1.64 bits per heavy atom. The van der Waals surface area contributed by atoms with E-state index in [1.165, 1.54) is 18.6 Å². The minimum absolute atomic E-state index is 0.517. The van der Waals surface area contributed by atoms with E-state index in [9.17, 15) is 0 Å². The van der Waals surface area contributed by atoms with Crippen molar-refractivity contribution in [3.05, 3.63) is 20.6 Å². The third-order valence-electron chi connectivity index (χ3n) is 2.29. The fraction of sp³-hybridized carbons (Fsp3) is 0.556. The molecule has 0 saturated carbocycles. The quantitative estimate of drug-likeness (QED) is 0.798. The second-order valence-corrected chi connectivity index (χ2v) is 5.86. The molecule has 2 rings (SSSR count). The van der Waals surface area contributed by atoms with Gasteiger partial charge in [0.2, 0.25) is 0 Å². The zero-order valence-corrected chi connectivity index (χ0v) is 11.1. The first-order valence-corrected chi connectivity index (χ1v) is 6.81. The number of aromatic amines is 1. The molecule has 0 aliphatic carbocycles. The first-order valence-electron chi connectivity index (χ1n) is 4.56. The number of aromatic nitrogens is 2. The van der Waals surface area contributed by atoms with Crippen LogP contribution in [0.3, 0.4) is 0 Å². The Kier molecular flexibility index (Phi) is 3.29. The number of nitrogens with one attached hydrogen (secondary N) is 1. The van der Waals surface area contributed by atoms with Crippen LogP contribution in [-0.4, -0.2) is 15.7 Å². The molecule has 1 fully saturated rings. The van der Waals surface area contributed by atoms with Crippen molar-refractivity contribution in [1.29, 1.82) is 0 Å². The van der Waals surface area contributed by atoms with Gasteiger partial charge in [-0.3, -0.25) is 0 Å². The zero-order valence-electron chi connectivity index (χ0n) is 7.84. The molecule has 1 aromatic rings. The summed E-state index contributed by atoms with van der Waals surface area (Å²) in [7, 11) is 0. The predicted octanol–water partition coefficient (Wildman–Crippen LogP) is 3.78. The van der Waals surface area contributed by atoms with Gasteiger partial charge in [-0.1, -0.05) is 12.2 Å². The van der Waals surface area contributed by atoms with Crippen molar-refractivity contribution in [3.8, 4) is 0 Å². The number of thioether (sulfide) groups is 1. The van der Waals surface area contributed by atoms with E-state index in [1.54, 1.807) is 0 Å². The van der Waals surface area contributed by atoms with Crippen LogP contribution in [-0.2, 0) is 0 Å². The number of halogens is 1. The number of nitrogens with zero attached hydrogens (tertiary/aromatic N) is 1. The van der Waals surface area contributed by atoms with Crippen LogP contribution in [0.5, 0.6) is 0 Å². The van der Waals surface area contributed by atoms with Crippen LogP contribution in [0, 0.1) is 11.6 Å². The fourth-order valence-electron chi connectivity index (χ4n) is 1.54. The van der Waals surface area contributed by atoms with Crippen molar-refractivity contribution in [3.63, 3.8) is 0 Å². The molecule has 1 aliphatic heterocycles. The molecule has 5 heteroatoms. The Morgan fingerprint density at radius 2 is 2.43 bits per heavy atom. The number of rotatable bonds is 1. The Hall–Kier alpha value is 0.130. The molecule has 2 nitrogen and oxygen atoms in total. The highest BCUT2D eigenvalue weighted by molar-refractivity contribution is 9.10. The number of hydrogen-bond donors (Lipinski definition) is 1. The molecular weight excluding hydrogens is 280 g/mol. The highest BCUT2D eigenvalue weighted by Crippen LogP contribution is 2.38. The summed E-state index contributed by atoms with van der Waals surface area (Å²) in [5, 5.41) is 0.517. The molecule has 1 unspecified atom stereocenters. The Balaban J connectivity index is 2.39. The molecule has 1 aromatic heterocycles. The molecule has 0 spiro atoms. The van der Waals surface area contributed by atoms with Crippen molar-refractivity contribution in [1.82, 2.24) is 9.97 Å². The van der Waals surface area contributed by atoms with E-state index in [-0.39, 0.29) is 0 Å². The van der Waals surface area contributed by atoms with Gasteiger partial charge in [0.1, 0.15) is 10.5 Å². The summed E-state index contributed by atoms with van der Waals surface area (Å²) in [4.78, 5) is 7.72. The number of H-pyrrole nitrogens is 1. The summed E-state index contributed by atoms with van der Waals surface area (Å²) in [5.74, 6) is 2.28. The minimum atomic E-state index is 0.517. The molecule has 1 atom stereocenters. The molecule has 76 valence electrons. The molecule has 0 aromatic carbocycles. The molecule has 0 radical (unpaired) electrons. The largest absolute Gasteiger partial charge is 0.345 e. The van der Waals surface area contributed by atoms with Gasteiger partial charge in [0, 0.05) is 5.69 Å². The van der Waals surface area contributed by atoms with Crippen LogP contribution in [0.4, 0.5) is 0 Å². The third kappa shape index (κ3) is 2.04. The second kappa shape index (κ2) is 4.33. The summed E-state index contributed by atoms with van der Waals surface area (Å²) in [6.45, 7) is 2.02. The maximum Gasteiger partial charge on any atom is 0.144 e. The van der Waals surface area contributed by atoms with Crippen LogP contribution in [0.15, 0.2) is 4.47 Å². The maximum atomic E-state index is 5.18. The first-order chi connectivity index (χ1) is 6.68. The average molecular weight is 291 g/mol. The average Bonchev–Trinajstić information content (AvgIpc) is 2.66. The topological polar surface area (TPSA) is 28.7 Å². The Morgan fingerprint density at radius 3 is 3.00 bits per heavy atom. The van der Waals surface area contributed by atoms with Gasteiger partial charge in [0.25, 0.3) is 0 Å². The molecule has 2 heterocycles. The molecule has 1 saturated heterocycles. The second-order valence-electron chi connectivity index (χ2n) is 3.37. The Labute approximate surface area is 101 Å². The van der Waals surface area contributed by atoms with E-state index < -0.39 is 0 Å². The summed E-state index contributed by atoms with van der Waals surface area (Å²) >= 11 is 10.6. The van der Waals surface area contributed by atoms with Crippen LogP contribution in [0.25, 0.3) is 0 Å². The summed E-state index contributed by atoms with van der Waals surface area (Å²) < 4.78 is 1.59. The number of aryl methyl sites for hydroxylation is 1. The fourth-order valence-corrected chi connectivity index (χ4v) is 3.20. The lowest BCUT2D eigenvalue weighted by Crippen LogP contribution is -2.01. The smallest absolute Gasteiger partial charge is 0.144 e. The van der Waals surface area contributed by atoms with E-state index in [4.69, 9.17) is 12.2 Å². The van der Waals surface area contributed by atoms with E-state index in [1.807, 2.05) is 18.7 Å². The van der Waals surface area contributed by atoms with Gasteiger partial charge >= 0.3 is 0 Å². The summed E-state index contributed by atoms with van der Waals surface area (Å²) in [5.41, 5.74) is 1.08. The first kappa shape index (κ1) is 10.6. The molecular formula is C9H11BrN2S2. The normalized spacial score (nSPS) is 21.4. The SMILES string of the molecule is Cc1[nH]c(C2CCCS2)nc(=S)c1Br. The van der Waals surface area contributed by atoms with Crippen LogP contribution < -0.4 is 0 Å². The van der Waals surface area contributed by atoms with Gasteiger partial charge in [0.05, 0.1) is 9.72 Å². The lowest BCUT2D eigenvalue weighted by Gasteiger charge is -2.09. The monoisotopic (exact) mass is 290 g/mol. The lowest BCUT2D eigenvalue weighted by atomic mass is 10.2. The van der Waals surface area contributed by atoms with E-state index >= 15 is 0 Å². The van der Waals surface area contributed by atoms with Gasteiger partial charge in [-0.25, -0.2) is 4.98 Å².